The van der Waals surface area contributed by atoms with Gasteiger partial charge in [-0.2, -0.15) is 0 Å². The smallest absolute Gasteiger partial charge is 0.140 e. The van der Waals surface area contributed by atoms with E-state index in [1.54, 1.807) is 0 Å². The molecule has 1 aliphatic rings. The molecule has 1 fully saturated rings. The molecular weight excluding hydrogens is 222 g/mol. The Morgan fingerprint density at radius 2 is 2.11 bits per heavy atom. The fourth-order valence-corrected chi connectivity index (χ4v) is 3.05. The van der Waals surface area contributed by atoms with Crippen molar-refractivity contribution in [3.8, 4) is 0 Å². The van der Waals surface area contributed by atoms with Crippen LogP contribution in [0.4, 0.5) is 0 Å². The van der Waals surface area contributed by atoms with E-state index in [0.29, 0.717) is 24.7 Å². The molecule has 2 rings (SSSR count). The van der Waals surface area contributed by atoms with Crippen molar-refractivity contribution in [3.63, 3.8) is 0 Å². The minimum absolute atomic E-state index is 0.204. The van der Waals surface area contributed by atoms with Crippen LogP contribution in [0.3, 0.4) is 0 Å². The van der Waals surface area contributed by atoms with Crippen molar-refractivity contribution >= 4 is 5.78 Å². The maximum atomic E-state index is 12.4. The molecule has 2 atom stereocenters. The molecule has 98 valence electrons. The van der Waals surface area contributed by atoms with E-state index in [4.69, 9.17) is 5.73 Å². The summed E-state index contributed by atoms with van der Waals surface area (Å²) in [7, 11) is 0. The molecule has 1 aromatic rings. The van der Waals surface area contributed by atoms with Crippen LogP contribution in [-0.2, 0) is 11.2 Å². The SMILES string of the molecule is Cc1ccc(C)c(CC(=O)C2CCCC2CN)c1. The van der Waals surface area contributed by atoms with E-state index in [1.165, 1.54) is 16.7 Å². The summed E-state index contributed by atoms with van der Waals surface area (Å²) in [6.07, 6.45) is 3.89. The zero-order valence-electron chi connectivity index (χ0n) is 11.4. The maximum Gasteiger partial charge on any atom is 0.140 e. The number of hydrogen-bond acceptors (Lipinski definition) is 2. The van der Waals surface area contributed by atoms with E-state index in [2.05, 4.69) is 32.0 Å². The number of carbonyl (C=O) groups is 1. The molecule has 1 aliphatic carbocycles. The monoisotopic (exact) mass is 245 g/mol. The zero-order chi connectivity index (χ0) is 13.1. The third-order valence-corrected chi connectivity index (χ3v) is 4.24. The Kier molecular flexibility index (Phi) is 4.18. The Balaban J connectivity index is 2.09. The molecule has 0 saturated heterocycles. The van der Waals surface area contributed by atoms with Crippen LogP contribution in [0.5, 0.6) is 0 Å². The molecule has 0 aliphatic heterocycles. The summed E-state index contributed by atoms with van der Waals surface area (Å²) >= 11 is 0. The van der Waals surface area contributed by atoms with Crippen LogP contribution in [0.25, 0.3) is 0 Å². The molecule has 2 nitrogen and oxygen atoms in total. The van der Waals surface area contributed by atoms with Crippen molar-refractivity contribution in [3.05, 3.63) is 34.9 Å². The van der Waals surface area contributed by atoms with Gasteiger partial charge in [-0.15, -0.1) is 0 Å². The summed E-state index contributed by atoms with van der Waals surface area (Å²) in [4.78, 5) is 12.4. The Morgan fingerprint density at radius 3 is 2.83 bits per heavy atom. The molecule has 1 saturated carbocycles. The fraction of sp³-hybridized carbons (Fsp3) is 0.562. The highest BCUT2D eigenvalue weighted by Gasteiger charge is 2.31. The van der Waals surface area contributed by atoms with Gasteiger partial charge in [-0.3, -0.25) is 4.79 Å². The first-order valence-corrected chi connectivity index (χ1v) is 6.90. The topological polar surface area (TPSA) is 43.1 Å². The van der Waals surface area contributed by atoms with Gasteiger partial charge in [0, 0.05) is 12.3 Å². The normalized spacial score (nSPS) is 23.3. The van der Waals surface area contributed by atoms with Crippen LogP contribution in [0.2, 0.25) is 0 Å². The quantitative estimate of drug-likeness (QED) is 0.886. The summed E-state index contributed by atoms with van der Waals surface area (Å²) in [5.74, 6) is 1.01. The minimum atomic E-state index is 0.204. The first-order chi connectivity index (χ1) is 8.61. The van der Waals surface area contributed by atoms with Crippen LogP contribution in [0.15, 0.2) is 18.2 Å². The molecule has 0 radical (unpaired) electrons. The van der Waals surface area contributed by atoms with E-state index in [-0.39, 0.29) is 5.92 Å². The van der Waals surface area contributed by atoms with Crippen molar-refractivity contribution < 1.29 is 4.79 Å². The van der Waals surface area contributed by atoms with E-state index >= 15 is 0 Å². The van der Waals surface area contributed by atoms with E-state index in [0.717, 1.165) is 19.3 Å². The second-order valence-corrected chi connectivity index (χ2v) is 5.61. The number of hydrogen-bond donors (Lipinski definition) is 1. The number of rotatable bonds is 4. The summed E-state index contributed by atoms with van der Waals surface area (Å²) in [5, 5.41) is 0. The van der Waals surface area contributed by atoms with Gasteiger partial charge in [0.2, 0.25) is 0 Å². The maximum absolute atomic E-state index is 12.4. The standard InChI is InChI=1S/C16H23NO/c1-11-6-7-12(2)14(8-11)9-16(18)15-5-3-4-13(15)10-17/h6-8,13,15H,3-5,9-10,17H2,1-2H3. The molecule has 0 bridgehead atoms. The fourth-order valence-electron chi connectivity index (χ4n) is 3.05. The van der Waals surface area contributed by atoms with Crippen LogP contribution in [-0.4, -0.2) is 12.3 Å². The summed E-state index contributed by atoms with van der Waals surface area (Å²) < 4.78 is 0. The van der Waals surface area contributed by atoms with E-state index in [9.17, 15) is 4.79 Å². The molecule has 18 heavy (non-hydrogen) atoms. The van der Waals surface area contributed by atoms with Crippen molar-refractivity contribution in [2.75, 3.05) is 6.54 Å². The number of aryl methyl sites for hydroxylation is 2. The molecule has 0 heterocycles. The first-order valence-electron chi connectivity index (χ1n) is 6.90. The molecule has 2 heteroatoms. The first kappa shape index (κ1) is 13.3. The number of carbonyl (C=O) groups excluding carboxylic acids is 1. The van der Waals surface area contributed by atoms with Gasteiger partial charge in [-0.05, 0) is 50.3 Å². The average molecular weight is 245 g/mol. The lowest BCUT2D eigenvalue weighted by Crippen LogP contribution is -2.26. The predicted molar refractivity (Wildman–Crippen MR) is 74.5 cm³/mol. The van der Waals surface area contributed by atoms with Crippen LogP contribution in [0, 0.1) is 25.7 Å². The van der Waals surface area contributed by atoms with E-state index < -0.39 is 0 Å². The van der Waals surface area contributed by atoms with Crippen LogP contribution in [0.1, 0.15) is 36.0 Å². The lowest BCUT2D eigenvalue weighted by Gasteiger charge is -2.17. The Labute approximate surface area is 110 Å². The lowest BCUT2D eigenvalue weighted by molar-refractivity contribution is -0.123. The number of ketones is 1. The molecular formula is C16H23NO. The van der Waals surface area contributed by atoms with Crippen molar-refractivity contribution in [1.29, 1.82) is 0 Å². The van der Waals surface area contributed by atoms with Gasteiger partial charge >= 0.3 is 0 Å². The minimum Gasteiger partial charge on any atom is -0.330 e. The van der Waals surface area contributed by atoms with Gasteiger partial charge in [0.15, 0.2) is 0 Å². The second kappa shape index (κ2) is 5.66. The zero-order valence-corrected chi connectivity index (χ0v) is 11.4. The summed E-state index contributed by atoms with van der Waals surface area (Å²) in [6.45, 7) is 4.81. The molecule has 0 aromatic heterocycles. The van der Waals surface area contributed by atoms with Crippen LogP contribution >= 0.6 is 0 Å². The Morgan fingerprint density at radius 1 is 1.33 bits per heavy atom. The third-order valence-electron chi connectivity index (χ3n) is 4.24. The molecule has 2 unspecified atom stereocenters. The highest BCUT2D eigenvalue weighted by atomic mass is 16.1. The molecule has 2 N–H and O–H groups in total. The molecule has 1 aromatic carbocycles. The largest absolute Gasteiger partial charge is 0.330 e. The van der Waals surface area contributed by atoms with Gasteiger partial charge in [-0.1, -0.05) is 30.2 Å². The highest BCUT2D eigenvalue weighted by Crippen LogP contribution is 2.32. The molecule has 0 amide bonds. The predicted octanol–water partition coefficient (Wildman–Crippen LogP) is 2.79. The second-order valence-electron chi connectivity index (χ2n) is 5.61. The van der Waals surface area contributed by atoms with E-state index in [1.807, 2.05) is 0 Å². The number of benzene rings is 1. The third kappa shape index (κ3) is 2.81. The highest BCUT2D eigenvalue weighted by molar-refractivity contribution is 5.84. The van der Waals surface area contributed by atoms with Gasteiger partial charge in [-0.25, -0.2) is 0 Å². The number of nitrogens with two attached hydrogens (primary N) is 1. The summed E-state index contributed by atoms with van der Waals surface area (Å²) in [6, 6.07) is 6.34. The Hall–Kier alpha value is -1.15. The van der Waals surface area contributed by atoms with Crippen molar-refractivity contribution in [2.24, 2.45) is 17.6 Å². The van der Waals surface area contributed by atoms with Gasteiger partial charge in [0.25, 0.3) is 0 Å². The average Bonchev–Trinajstić information content (AvgIpc) is 2.82. The van der Waals surface area contributed by atoms with Crippen LogP contribution < -0.4 is 5.73 Å². The molecule has 0 spiro atoms. The van der Waals surface area contributed by atoms with Gasteiger partial charge < -0.3 is 5.73 Å². The van der Waals surface area contributed by atoms with Gasteiger partial charge in [0.1, 0.15) is 5.78 Å². The van der Waals surface area contributed by atoms with Gasteiger partial charge in [0.05, 0.1) is 0 Å². The Bertz CT molecular complexity index is 439. The summed E-state index contributed by atoms with van der Waals surface area (Å²) in [5.41, 5.74) is 9.39. The van der Waals surface area contributed by atoms with Crippen molar-refractivity contribution in [2.45, 2.75) is 39.5 Å². The van der Waals surface area contributed by atoms with Crippen molar-refractivity contribution in [1.82, 2.24) is 0 Å². The number of Topliss-reactive ketones (excluding diaryl/α,β-unsaturated/α-hetero) is 1. The lowest BCUT2D eigenvalue weighted by atomic mass is 9.88.